The maximum Gasteiger partial charge on any atom is 0.100 e. The molecule has 0 N–H and O–H groups in total. The van der Waals surface area contributed by atoms with E-state index in [4.69, 9.17) is 5.26 Å². The fraction of sp³-hybridized carbons (Fsp3) is 0.500. The van der Waals surface area contributed by atoms with Crippen molar-refractivity contribution in [3.63, 3.8) is 0 Å². The Labute approximate surface area is 61.9 Å². The Morgan fingerprint density at radius 2 is 2.20 bits per heavy atom. The molecule has 0 aliphatic carbocycles. The van der Waals surface area contributed by atoms with Gasteiger partial charge in [0.05, 0.1) is 5.57 Å². The van der Waals surface area contributed by atoms with E-state index in [1.165, 1.54) is 0 Å². The number of aliphatic imine (C=N–C) groups is 1. The van der Waals surface area contributed by atoms with E-state index in [0.717, 1.165) is 0 Å². The van der Waals surface area contributed by atoms with Gasteiger partial charge in [-0.05, 0) is 20.8 Å². The lowest BCUT2D eigenvalue weighted by Crippen LogP contribution is -1.89. The molecule has 0 bridgehead atoms. The van der Waals surface area contributed by atoms with Crippen molar-refractivity contribution in [1.29, 1.82) is 5.26 Å². The van der Waals surface area contributed by atoms with Gasteiger partial charge >= 0.3 is 0 Å². The van der Waals surface area contributed by atoms with Crippen molar-refractivity contribution in [2.24, 2.45) is 4.99 Å². The van der Waals surface area contributed by atoms with Gasteiger partial charge in [-0.1, -0.05) is 6.08 Å². The predicted molar refractivity (Wildman–Crippen MR) is 43.0 cm³/mol. The average Bonchev–Trinajstić information content (AvgIpc) is 1.90. The quantitative estimate of drug-likeness (QED) is 0.422. The number of hydrogen-bond donors (Lipinski definition) is 0. The summed E-state index contributed by atoms with van der Waals surface area (Å²) in [6, 6.07) is 2.29. The van der Waals surface area contributed by atoms with E-state index in [0.29, 0.717) is 5.57 Å². The number of nitriles is 1. The SMILES string of the molecule is C/C=C(C#N)\C=N/C(C)C. The van der Waals surface area contributed by atoms with Gasteiger partial charge in [-0.3, -0.25) is 4.99 Å². The molecule has 2 nitrogen and oxygen atoms in total. The minimum Gasteiger partial charge on any atom is -0.289 e. The topological polar surface area (TPSA) is 36.1 Å². The smallest absolute Gasteiger partial charge is 0.100 e. The first-order valence-electron chi connectivity index (χ1n) is 3.30. The Kier molecular flexibility index (Phi) is 4.23. The number of hydrogen-bond acceptors (Lipinski definition) is 2. The summed E-state index contributed by atoms with van der Waals surface area (Å²) in [5.74, 6) is 0. The summed E-state index contributed by atoms with van der Waals surface area (Å²) < 4.78 is 0. The summed E-state index contributed by atoms with van der Waals surface area (Å²) >= 11 is 0. The van der Waals surface area contributed by atoms with Crippen LogP contribution >= 0.6 is 0 Å². The van der Waals surface area contributed by atoms with E-state index in [2.05, 4.69) is 4.99 Å². The van der Waals surface area contributed by atoms with Crippen LogP contribution in [0.25, 0.3) is 0 Å². The summed E-state index contributed by atoms with van der Waals surface area (Å²) in [5, 5.41) is 8.43. The molecule has 0 radical (unpaired) electrons. The molecular weight excluding hydrogens is 124 g/mol. The van der Waals surface area contributed by atoms with E-state index in [1.807, 2.05) is 26.8 Å². The van der Waals surface area contributed by atoms with Crippen LogP contribution in [0.4, 0.5) is 0 Å². The Balaban J connectivity index is 4.02. The molecule has 0 amide bonds. The van der Waals surface area contributed by atoms with E-state index in [9.17, 15) is 0 Å². The number of rotatable bonds is 2. The molecule has 0 saturated carbocycles. The zero-order valence-electron chi connectivity index (χ0n) is 6.63. The molecule has 0 unspecified atom stereocenters. The van der Waals surface area contributed by atoms with Crippen molar-refractivity contribution in [3.05, 3.63) is 11.6 Å². The van der Waals surface area contributed by atoms with Gasteiger partial charge in [0.25, 0.3) is 0 Å². The van der Waals surface area contributed by atoms with Gasteiger partial charge in [0, 0.05) is 12.3 Å². The average molecular weight is 136 g/mol. The zero-order chi connectivity index (χ0) is 7.98. The van der Waals surface area contributed by atoms with Crippen LogP contribution in [-0.4, -0.2) is 12.3 Å². The molecule has 0 rings (SSSR count). The zero-order valence-corrected chi connectivity index (χ0v) is 6.63. The molecule has 0 heterocycles. The van der Waals surface area contributed by atoms with Gasteiger partial charge in [-0.25, -0.2) is 0 Å². The third kappa shape index (κ3) is 3.85. The molecule has 0 aliphatic rings. The molecule has 0 atom stereocenters. The van der Waals surface area contributed by atoms with Crippen molar-refractivity contribution in [3.8, 4) is 6.07 Å². The molecule has 0 aliphatic heterocycles. The molecule has 0 fully saturated rings. The van der Waals surface area contributed by atoms with E-state index < -0.39 is 0 Å². The van der Waals surface area contributed by atoms with E-state index in [-0.39, 0.29) is 6.04 Å². The summed E-state index contributed by atoms with van der Waals surface area (Å²) in [5.41, 5.74) is 0.619. The van der Waals surface area contributed by atoms with E-state index in [1.54, 1.807) is 12.3 Å². The van der Waals surface area contributed by atoms with Crippen molar-refractivity contribution in [2.45, 2.75) is 26.8 Å². The third-order valence-electron chi connectivity index (χ3n) is 0.952. The lowest BCUT2D eigenvalue weighted by Gasteiger charge is -1.91. The van der Waals surface area contributed by atoms with Crippen molar-refractivity contribution >= 4 is 6.21 Å². The van der Waals surface area contributed by atoms with Crippen LogP contribution in [0.5, 0.6) is 0 Å². The first-order chi connectivity index (χ1) is 4.70. The van der Waals surface area contributed by atoms with Gasteiger partial charge in [0.1, 0.15) is 6.07 Å². The van der Waals surface area contributed by atoms with Gasteiger partial charge in [0.2, 0.25) is 0 Å². The predicted octanol–water partition coefficient (Wildman–Crippen LogP) is 1.94. The molecule has 54 valence electrons. The van der Waals surface area contributed by atoms with Crippen LogP contribution in [0.3, 0.4) is 0 Å². The highest BCUT2D eigenvalue weighted by molar-refractivity contribution is 5.83. The third-order valence-corrected chi connectivity index (χ3v) is 0.952. The highest BCUT2D eigenvalue weighted by atomic mass is 14.7. The first-order valence-corrected chi connectivity index (χ1v) is 3.30. The maximum atomic E-state index is 8.43. The second-order valence-electron chi connectivity index (χ2n) is 2.23. The molecule has 10 heavy (non-hydrogen) atoms. The Hall–Kier alpha value is -1.10. The summed E-state index contributed by atoms with van der Waals surface area (Å²) in [4.78, 5) is 4.05. The molecule has 0 saturated heterocycles. The van der Waals surface area contributed by atoms with Gasteiger partial charge in [0.15, 0.2) is 0 Å². The van der Waals surface area contributed by atoms with Crippen LogP contribution in [0.15, 0.2) is 16.6 Å². The fourth-order valence-electron chi connectivity index (χ4n) is 0.397. The second-order valence-corrected chi connectivity index (χ2v) is 2.23. The van der Waals surface area contributed by atoms with E-state index >= 15 is 0 Å². The highest BCUT2D eigenvalue weighted by Gasteiger charge is 1.87. The number of allylic oxidation sites excluding steroid dienone is 2. The van der Waals surface area contributed by atoms with Gasteiger partial charge in [-0.15, -0.1) is 0 Å². The maximum absolute atomic E-state index is 8.43. The Morgan fingerprint density at radius 3 is 2.50 bits per heavy atom. The van der Waals surface area contributed by atoms with Crippen LogP contribution in [0.1, 0.15) is 20.8 Å². The lowest BCUT2D eigenvalue weighted by atomic mass is 10.3. The van der Waals surface area contributed by atoms with Gasteiger partial charge < -0.3 is 0 Å². The minimum absolute atomic E-state index is 0.267. The summed E-state index contributed by atoms with van der Waals surface area (Å²) in [6.07, 6.45) is 3.34. The van der Waals surface area contributed by atoms with Crippen LogP contribution < -0.4 is 0 Å². The number of nitrogens with zero attached hydrogens (tertiary/aromatic N) is 2. The monoisotopic (exact) mass is 136 g/mol. The lowest BCUT2D eigenvalue weighted by molar-refractivity contribution is 0.841. The van der Waals surface area contributed by atoms with Crippen molar-refractivity contribution < 1.29 is 0 Å². The first kappa shape index (κ1) is 8.90. The normalized spacial score (nSPS) is 12.5. The highest BCUT2D eigenvalue weighted by Crippen LogP contribution is 1.89. The fourth-order valence-corrected chi connectivity index (χ4v) is 0.397. The van der Waals surface area contributed by atoms with Crippen molar-refractivity contribution in [1.82, 2.24) is 0 Å². The molecule has 0 aromatic rings. The van der Waals surface area contributed by atoms with Gasteiger partial charge in [-0.2, -0.15) is 5.26 Å². The van der Waals surface area contributed by atoms with Crippen molar-refractivity contribution in [2.75, 3.05) is 0 Å². The molecule has 0 aromatic heterocycles. The molecule has 2 heteroatoms. The molecule has 0 spiro atoms. The van der Waals surface area contributed by atoms with Crippen LogP contribution in [0, 0.1) is 11.3 Å². The van der Waals surface area contributed by atoms with Crippen LogP contribution in [0.2, 0.25) is 0 Å². The second kappa shape index (κ2) is 4.75. The Bertz CT molecular complexity index is 182. The Morgan fingerprint density at radius 1 is 1.60 bits per heavy atom. The standard InChI is InChI=1S/C8H12N2/c1-4-8(5-9)6-10-7(2)3/h4,6-7H,1-3H3/b8-4-,10-6-. The van der Waals surface area contributed by atoms with Crippen LogP contribution in [-0.2, 0) is 0 Å². The summed E-state index contributed by atoms with van der Waals surface area (Å²) in [7, 11) is 0. The molecular formula is C8H12N2. The summed E-state index contributed by atoms with van der Waals surface area (Å²) in [6.45, 7) is 5.77. The molecule has 0 aromatic carbocycles. The largest absolute Gasteiger partial charge is 0.289 e. The minimum atomic E-state index is 0.267.